The number of carbonyl (C=O) groups is 3. The standard InChI is InChI=1S/C18H22N2O7/c1-24-9-8-19-16(21)12-4-6-13(7-5-12)20-11-27-10-14(17(22)25-2)15(20)18(23)26-3/h4-7H,8-11H2,1-3H3,(H,19,21). The molecule has 1 aliphatic heterocycles. The number of benzene rings is 1. The molecule has 0 unspecified atom stereocenters. The monoisotopic (exact) mass is 378 g/mol. The summed E-state index contributed by atoms with van der Waals surface area (Å²) in [6.45, 7) is 0.797. The highest BCUT2D eigenvalue weighted by Gasteiger charge is 2.32. The third-order valence-corrected chi connectivity index (χ3v) is 3.87. The van der Waals surface area contributed by atoms with E-state index in [2.05, 4.69) is 5.32 Å². The SMILES string of the molecule is COCCNC(=O)c1ccc(N2COCC(C(=O)OC)=C2C(=O)OC)cc1. The number of nitrogens with zero attached hydrogens (tertiary/aromatic N) is 1. The highest BCUT2D eigenvalue weighted by molar-refractivity contribution is 6.03. The molecule has 1 N–H and O–H groups in total. The molecule has 0 bridgehead atoms. The number of anilines is 1. The van der Waals surface area contributed by atoms with E-state index in [-0.39, 0.29) is 30.5 Å². The van der Waals surface area contributed by atoms with Gasteiger partial charge in [0.25, 0.3) is 5.91 Å². The molecule has 1 aromatic carbocycles. The molecule has 1 aliphatic rings. The van der Waals surface area contributed by atoms with Crippen LogP contribution in [-0.2, 0) is 28.5 Å². The maximum atomic E-state index is 12.2. The summed E-state index contributed by atoms with van der Waals surface area (Å²) in [4.78, 5) is 37.8. The van der Waals surface area contributed by atoms with Crippen molar-refractivity contribution in [1.82, 2.24) is 5.32 Å². The van der Waals surface area contributed by atoms with Crippen LogP contribution in [0.4, 0.5) is 5.69 Å². The summed E-state index contributed by atoms with van der Waals surface area (Å²) in [6.07, 6.45) is 0. The zero-order valence-electron chi connectivity index (χ0n) is 15.4. The molecule has 0 spiro atoms. The van der Waals surface area contributed by atoms with Crippen molar-refractivity contribution in [1.29, 1.82) is 0 Å². The Morgan fingerprint density at radius 2 is 1.74 bits per heavy atom. The molecule has 27 heavy (non-hydrogen) atoms. The molecule has 9 nitrogen and oxygen atoms in total. The lowest BCUT2D eigenvalue weighted by Crippen LogP contribution is -2.38. The van der Waals surface area contributed by atoms with Crippen LogP contribution < -0.4 is 10.2 Å². The van der Waals surface area contributed by atoms with Crippen molar-refractivity contribution in [3.8, 4) is 0 Å². The molecule has 1 heterocycles. The van der Waals surface area contributed by atoms with E-state index >= 15 is 0 Å². The van der Waals surface area contributed by atoms with Crippen LogP contribution in [0.15, 0.2) is 35.5 Å². The fraction of sp³-hybridized carbons (Fsp3) is 0.389. The first-order valence-electron chi connectivity index (χ1n) is 8.15. The summed E-state index contributed by atoms with van der Waals surface area (Å²) in [7, 11) is 4.00. The van der Waals surface area contributed by atoms with Crippen molar-refractivity contribution in [3.05, 3.63) is 41.1 Å². The minimum atomic E-state index is -0.680. The van der Waals surface area contributed by atoms with E-state index in [4.69, 9.17) is 18.9 Å². The van der Waals surface area contributed by atoms with E-state index < -0.39 is 11.9 Å². The second-order valence-corrected chi connectivity index (χ2v) is 5.51. The highest BCUT2D eigenvalue weighted by Crippen LogP contribution is 2.26. The zero-order chi connectivity index (χ0) is 19.8. The lowest BCUT2D eigenvalue weighted by atomic mass is 10.1. The second-order valence-electron chi connectivity index (χ2n) is 5.51. The third kappa shape index (κ3) is 4.83. The number of rotatable bonds is 7. The quantitative estimate of drug-likeness (QED) is 0.539. The summed E-state index contributed by atoms with van der Waals surface area (Å²) in [6, 6.07) is 6.52. The van der Waals surface area contributed by atoms with Gasteiger partial charge in [-0.25, -0.2) is 9.59 Å². The van der Waals surface area contributed by atoms with Crippen LogP contribution in [0, 0.1) is 0 Å². The van der Waals surface area contributed by atoms with E-state index in [0.29, 0.717) is 24.4 Å². The van der Waals surface area contributed by atoms with Crippen molar-refractivity contribution < 1.29 is 33.3 Å². The van der Waals surface area contributed by atoms with Gasteiger partial charge in [0.1, 0.15) is 12.4 Å². The van der Waals surface area contributed by atoms with Crippen molar-refractivity contribution >= 4 is 23.5 Å². The number of hydrogen-bond donors (Lipinski definition) is 1. The Hall–Kier alpha value is -2.91. The number of ether oxygens (including phenoxy) is 4. The molecule has 2 rings (SSSR count). The van der Waals surface area contributed by atoms with Gasteiger partial charge >= 0.3 is 11.9 Å². The molecule has 9 heteroatoms. The Morgan fingerprint density at radius 3 is 2.33 bits per heavy atom. The summed E-state index contributed by atoms with van der Waals surface area (Å²) in [5.41, 5.74) is 1.12. The van der Waals surface area contributed by atoms with Crippen LogP contribution in [0.2, 0.25) is 0 Å². The molecule has 0 aromatic heterocycles. The maximum Gasteiger partial charge on any atom is 0.355 e. The number of carbonyl (C=O) groups excluding carboxylic acids is 3. The Balaban J connectivity index is 2.28. The average Bonchev–Trinajstić information content (AvgIpc) is 2.72. The minimum Gasteiger partial charge on any atom is -0.466 e. The zero-order valence-corrected chi connectivity index (χ0v) is 15.4. The van der Waals surface area contributed by atoms with Crippen molar-refractivity contribution in [2.75, 3.05) is 52.7 Å². The Bertz CT molecular complexity index is 728. The van der Waals surface area contributed by atoms with Crippen LogP contribution in [-0.4, -0.2) is 65.7 Å². The minimum absolute atomic E-state index is 0.0459. The van der Waals surface area contributed by atoms with E-state index in [1.54, 1.807) is 31.4 Å². The predicted octanol–water partition coefficient (Wildman–Crippen LogP) is 0.457. The van der Waals surface area contributed by atoms with E-state index in [0.717, 1.165) is 0 Å². The van der Waals surface area contributed by atoms with Gasteiger partial charge in [0.15, 0.2) is 0 Å². The van der Waals surface area contributed by atoms with Crippen molar-refractivity contribution in [3.63, 3.8) is 0 Å². The van der Waals surface area contributed by atoms with Gasteiger partial charge in [0.05, 0.1) is 33.0 Å². The van der Waals surface area contributed by atoms with E-state index in [9.17, 15) is 14.4 Å². The van der Waals surface area contributed by atoms with Gasteiger partial charge in [-0.1, -0.05) is 0 Å². The van der Waals surface area contributed by atoms with Gasteiger partial charge in [0, 0.05) is 24.9 Å². The average molecular weight is 378 g/mol. The van der Waals surface area contributed by atoms with E-state index in [1.165, 1.54) is 19.1 Å². The van der Waals surface area contributed by atoms with Crippen LogP contribution in [0.5, 0.6) is 0 Å². The van der Waals surface area contributed by atoms with Crippen molar-refractivity contribution in [2.45, 2.75) is 0 Å². The van der Waals surface area contributed by atoms with E-state index in [1.807, 2.05) is 0 Å². The first-order chi connectivity index (χ1) is 13.0. The molecule has 0 radical (unpaired) electrons. The molecule has 1 aromatic rings. The fourth-order valence-corrected chi connectivity index (χ4v) is 2.51. The molecular formula is C18H22N2O7. The molecule has 0 aliphatic carbocycles. The van der Waals surface area contributed by atoms with Gasteiger partial charge in [-0.15, -0.1) is 0 Å². The number of esters is 2. The third-order valence-electron chi connectivity index (χ3n) is 3.87. The summed E-state index contributed by atoms with van der Waals surface area (Å²) < 4.78 is 19.8. The number of methoxy groups -OCH3 is 3. The first-order valence-corrected chi connectivity index (χ1v) is 8.15. The normalized spacial score (nSPS) is 14.0. The largest absolute Gasteiger partial charge is 0.466 e. The number of amides is 1. The predicted molar refractivity (Wildman–Crippen MR) is 95.0 cm³/mol. The maximum absolute atomic E-state index is 12.2. The second kappa shape index (κ2) is 9.70. The lowest BCUT2D eigenvalue weighted by molar-refractivity contribution is -0.140. The van der Waals surface area contributed by atoms with Crippen LogP contribution >= 0.6 is 0 Å². The Morgan fingerprint density at radius 1 is 1.07 bits per heavy atom. The summed E-state index contributed by atoms with van der Waals surface area (Å²) >= 11 is 0. The lowest BCUT2D eigenvalue weighted by Gasteiger charge is -2.31. The smallest absolute Gasteiger partial charge is 0.355 e. The summed E-state index contributed by atoms with van der Waals surface area (Å²) in [5, 5.41) is 2.72. The summed E-state index contributed by atoms with van der Waals surface area (Å²) in [5.74, 6) is -1.60. The molecule has 0 saturated carbocycles. The molecule has 1 amide bonds. The molecule has 0 atom stereocenters. The molecule has 0 fully saturated rings. The number of hydrogen-bond acceptors (Lipinski definition) is 8. The van der Waals surface area contributed by atoms with Gasteiger partial charge < -0.3 is 29.2 Å². The van der Waals surface area contributed by atoms with Gasteiger partial charge in [-0.05, 0) is 24.3 Å². The van der Waals surface area contributed by atoms with Gasteiger partial charge in [-0.2, -0.15) is 0 Å². The van der Waals surface area contributed by atoms with Crippen LogP contribution in [0.25, 0.3) is 0 Å². The number of nitrogens with one attached hydrogen (secondary N) is 1. The molecular weight excluding hydrogens is 356 g/mol. The fourth-order valence-electron chi connectivity index (χ4n) is 2.51. The Kier molecular flexibility index (Phi) is 7.33. The first kappa shape index (κ1) is 20.4. The van der Waals surface area contributed by atoms with Gasteiger partial charge in [0.2, 0.25) is 0 Å². The molecule has 146 valence electrons. The van der Waals surface area contributed by atoms with Crippen molar-refractivity contribution in [2.24, 2.45) is 0 Å². The van der Waals surface area contributed by atoms with Gasteiger partial charge in [-0.3, -0.25) is 4.79 Å². The Labute approximate surface area is 156 Å². The highest BCUT2D eigenvalue weighted by atomic mass is 16.5. The van der Waals surface area contributed by atoms with Crippen LogP contribution in [0.1, 0.15) is 10.4 Å². The topological polar surface area (TPSA) is 103 Å². The van der Waals surface area contributed by atoms with Crippen LogP contribution in [0.3, 0.4) is 0 Å². The molecule has 0 saturated heterocycles.